The van der Waals surface area contributed by atoms with Gasteiger partial charge in [0.05, 0.1) is 13.7 Å². The minimum Gasteiger partial charge on any atom is -0.464 e. The van der Waals surface area contributed by atoms with Crippen molar-refractivity contribution in [3.8, 4) is 0 Å². The molecule has 94 valence electrons. The predicted octanol–water partition coefficient (Wildman–Crippen LogP) is 1.02. The van der Waals surface area contributed by atoms with Crippen LogP contribution in [0.1, 0.15) is 28.7 Å². The molecule has 0 spiro atoms. The number of carbonyl (C=O) groups is 1. The summed E-state index contributed by atoms with van der Waals surface area (Å²) in [5.41, 5.74) is 1.10. The Bertz CT molecular complexity index is 587. The molecular weight excluding hydrogens is 234 g/mol. The highest BCUT2D eigenvalue weighted by molar-refractivity contribution is 5.88. The molecule has 0 bridgehead atoms. The van der Waals surface area contributed by atoms with Gasteiger partial charge in [-0.1, -0.05) is 6.07 Å². The molecule has 0 aromatic carbocycles. The first-order valence-electron chi connectivity index (χ1n) is 5.81. The van der Waals surface area contributed by atoms with Crippen LogP contribution in [0.25, 0.3) is 5.65 Å². The van der Waals surface area contributed by atoms with E-state index in [1.54, 1.807) is 16.5 Å². The van der Waals surface area contributed by atoms with Crippen LogP contribution in [0.3, 0.4) is 0 Å². The van der Waals surface area contributed by atoms with Gasteiger partial charge in [-0.2, -0.15) is 0 Å². The summed E-state index contributed by atoms with van der Waals surface area (Å²) in [6.07, 6.45) is 0.899. The number of esters is 1. The molecule has 1 aliphatic heterocycles. The zero-order valence-corrected chi connectivity index (χ0v) is 10.00. The second-order valence-electron chi connectivity index (χ2n) is 4.21. The van der Waals surface area contributed by atoms with Gasteiger partial charge < -0.3 is 9.47 Å². The summed E-state index contributed by atoms with van der Waals surface area (Å²) in [7, 11) is 1.36. The van der Waals surface area contributed by atoms with Crippen molar-refractivity contribution in [2.45, 2.75) is 12.3 Å². The van der Waals surface area contributed by atoms with Crippen LogP contribution in [0.5, 0.6) is 0 Å². The van der Waals surface area contributed by atoms with Gasteiger partial charge in [-0.3, -0.25) is 4.40 Å². The first-order valence-corrected chi connectivity index (χ1v) is 5.81. The smallest absolute Gasteiger partial charge is 0.355 e. The molecular formula is C12H13N3O3. The van der Waals surface area contributed by atoms with E-state index >= 15 is 0 Å². The summed E-state index contributed by atoms with van der Waals surface area (Å²) in [5, 5.41) is 8.27. The van der Waals surface area contributed by atoms with Gasteiger partial charge in [-0.25, -0.2) is 4.79 Å². The molecule has 1 saturated heterocycles. The van der Waals surface area contributed by atoms with E-state index in [1.807, 2.05) is 6.07 Å². The van der Waals surface area contributed by atoms with Gasteiger partial charge in [-0.05, 0) is 18.6 Å². The lowest BCUT2D eigenvalue weighted by Gasteiger charge is -2.08. The van der Waals surface area contributed by atoms with Gasteiger partial charge >= 0.3 is 5.97 Å². The van der Waals surface area contributed by atoms with Gasteiger partial charge in [0.15, 0.2) is 5.65 Å². The Labute approximate surface area is 104 Å². The molecule has 0 N–H and O–H groups in total. The first-order chi connectivity index (χ1) is 8.81. The van der Waals surface area contributed by atoms with Gasteiger partial charge in [0, 0.05) is 12.5 Å². The number of hydrogen-bond acceptors (Lipinski definition) is 5. The van der Waals surface area contributed by atoms with E-state index < -0.39 is 0 Å². The van der Waals surface area contributed by atoms with E-state index in [1.165, 1.54) is 7.11 Å². The van der Waals surface area contributed by atoms with Crippen LogP contribution in [-0.2, 0) is 9.47 Å². The van der Waals surface area contributed by atoms with Crippen LogP contribution in [0, 0.1) is 0 Å². The summed E-state index contributed by atoms with van der Waals surface area (Å²) in [6.45, 7) is 1.34. The summed E-state index contributed by atoms with van der Waals surface area (Å²) < 4.78 is 11.9. The second kappa shape index (κ2) is 4.38. The highest BCUT2D eigenvalue weighted by atomic mass is 16.5. The van der Waals surface area contributed by atoms with Crippen molar-refractivity contribution in [1.29, 1.82) is 0 Å². The lowest BCUT2D eigenvalue weighted by Crippen LogP contribution is -2.12. The molecule has 6 nitrogen and oxygen atoms in total. The predicted molar refractivity (Wildman–Crippen MR) is 62.5 cm³/mol. The van der Waals surface area contributed by atoms with E-state index in [0.29, 0.717) is 17.9 Å². The van der Waals surface area contributed by atoms with E-state index in [-0.39, 0.29) is 11.9 Å². The zero-order chi connectivity index (χ0) is 12.5. The van der Waals surface area contributed by atoms with Crippen LogP contribution < -0.4 is 0 Å². The van der Waals surface area contributed by atoms with Gasteiger partial charge in [0.1, 0.15) is 11.5 Å². The maximum atomic E-state index is 11.8. The monoisotopic (exact) mass is 247 g/mol. The zero-order valence-electron chi connectivity index (χ0n) is 10.00. The van der Waals surface area contributed by atoms with Crippen LogP contribution in [0.15, 0.2) is 18.2 Å². The van der Waals surface area contributed by atoms with E-state index in [2.05, 4.69) is 10.2 Å². The topological polar surface area (TPSA) is 65.7 Å². The average molecular weight is 247 g/mol. The molecule has 3 rings (SSSR count). The van der Waals surface area contributed by atoms with Crippen LogP contribution in [0.2, 0.25) is 0 Å². The molecule has 1 atom stereocenters. The third-order valence-electron chi connectivity index (χ3n) is 3.14. The number of aromatic nitrogens is 3. The fourth-order valence-corrected chi connectivity index (χ4v) is 2.23. The number of hydrogen-bond donors (Lipinski definition) is 0. The standard InChI is InChI=1S/C12H13N3O3/c1-17-12(16)9-3-2-4-10-13-14-11(15(9)10)8-5-6-18-7-8/h2-4,8H,5-7H2,1H3. The summed E-state index contributed by atoms with van der Waals surface area (Å²) in [6, 6.07) is 5.30. The van der Waals surface area contributed by atoms with Gasteiger partial charge in [0.25, 0.3) is 0 Å². The molecule has 2 aromatic heterocycles. The Kier molecular flexibility index (Phi) is 2.71. The largest absolute Gasteiger partial charge is 0.464 e. The van der Waals surface area contributed by atoms with Gasteiger partial charge in [-0.15, -0.1) is 10.2 Å². The maximum absolute atomic E-state index is 11.8. The SMILES string of the molecule is COC(=O)c1cccc2nnc(C3CCOC3)n12. The highest BCUT2D eigenvalue weighted by Crippen LogP contribution is 2.25. The minimum absolute atomic E-state index is 0.186. The third-order valence-corrected chi connectivity index (χ3v) is 3.14. The number of fused-ring (bicyclic) bond motifs is 1. The molecule has 1 fully saturated rings. The second-order valence-corrected chi connectivity index (χ2v) is 4.21. The van der Waals surface area contributed by atoms with Crippen molar-refractivity contribution >= 4 is 11.6 Å². The molecule has 2 aromatic rings. The fourth-order valence-electron chi connectivity index (χ4n) is 2.23. The molecule has 18 heavy (non-hydrogen) atoms. The molecule has 0 amide bonds. The normalized spacial score (nSPS) is 19.3. The number of ether oxygens (including phenoxy) is 2. The molecule has 0 radical (unpaired) electrons. The van der Waals surface area contributed by atoms with Crippen molar-refractivity contribution in [3.63, 3.8) is 0 Å². The Morgan fingerprint density at radius 2 is 2.39 bits per heavy atom. The van der Waals surface area contributed by atoms with E-state index in [4.69, 9.17) is 9.47 Å². The van der Waals surface area contributed by atoms with E-state index in [0.717, 1.165) is 18.9 Å². The quantitative estimate of drug-likeness (QED) is 0.741. The number of pyridine rings is 1. The average Bonchev–Trinajstić information content (AvgIpc) is 3.05. The molecule has 6 heteroatoms. The number of methoxy groups -OCH3 is 1. The molecule has 1 unspecified atom stereocenters. The molecule has 3 heterocycles. The summed E-state index contributed by atoms with van der Waals surface area (Å²) >= 11 is 0. The van der Waals surface area contributed by atoms with Gasteiger partial charge in [0.2, 0.25) is 0 Å². The van der Waals surface area contributed by atoms with Crippen molar-refractivity contribution in [1.82, 2.24) is 14.6 Å². The Balaban J connectivity index is 2.17. The van der Waals surface area contributed by atoms with Crippen LogP contribution in [0.4, 0.5) is 0 Å². The van der Waals surface area contributed by atoms with E-state index in [9.17, 15) is 4.79 Å². The van der Waals surface area contributed by atoms with Crippen molar-refractivity contribution in [2.24, 2.45) is 0 Å². The Morgan fingerprint density at radius 1 is 1.50 bits per heavy atom. The Morgan fingerprint density at radius 3 is 3.11 bits per heavy atom. The summed E-state index contributed by atoms with van der Waals surface area (Å²) in [4.78, 5) is 11.8. The highest BCUT2D eigenvalue weighted by Gasteiger charge is 2.25. The maximum Gasteiger partial charge on any atom is 0.355 e. The molecule has 1 aliphatic rings. The Hall–Kier alpha value is -1.95. The lowest BCUT2D eigenvalue weighted by molar-refractivity contribution is 0.0591. The molecule has 0 aliphatic carbocycles. The minimum atomic E-state index is -0.388. The number of nitrogens with zero attached hydrogens (tertiary/aromatic N) is 3. The molecule has 0 saturated carbocycles. The lowest BCUT2D eigenvalue weighted by atomic mass is 10.1. The van der Waals surface area contributed by atoms with Crippen molar-refractivity contribution < 1.29 is 14.3 Å². The number of rotatable bonds is 2. The van der Waals surface area contributed by atoms with Crippen molar-refractivity contribution in [3.05, 3.63) is 29.7 Å². The van der Waals surface area contributed by atoms with Crippen molar-refractivity contribution in [2.75, 3.05) is 20.3 Å². The fraction of sp³-hybridized carbons (Fsp3) is 0.417. The first kappa shape index (κ1) is 11.2. The summed E-state index contributed by atoms with van der Waals surface area (Å²) in [5.74, 6) is 0.565. The van der Waals surface area contributed by atoms with Crippen LogP contribution in [-0.4, -0.2) is 40.9 Å². The number of carbonyl (C=O) groups excluding carboxylic acids is 1. The third kappa shape index (κ3) is 1.65. The van der Waals surface area contributed by atoms with Crippen LogP contribution >= 0.6 is 0 Å².